The molecule has 3 heterocycles. The third-order valence-corrected chi connectivity index (χ3v) is 7.00. The molecule has 0 saturated carbocycles. The van der Waals surface area contributed by atoms with E-state index in [2.05, 4.69) is 28.9 Å². The van der Waals surface area contributed by atoms with Gasteiger partial charge in [0.05, 0.1) is 13.2 Å². The van der Waals surface area contributed by atoms with Crippen molar-refractivity contribution < 1.29 is 22.9 Å². The first-order chi connectivity index (χ1) is 14.8. The van der Waals surface area contributed by atoms with Crippen molar-refractivity contribution in [2.24, 2.45) is 11.0 Å². The highest BCUT2D eigenvalue weighted by atomic mass is 31.2. The van der Waals surface area contributed by atoms with E-state index in [1.165, 1.54) is 13.1 Å². The van der Waals surface area contributed by atoms with E-state index in [4.69, 9.17) is 23.8 Å². The average Bonchev–Trinajstić information content (AvgIpc) is 2.99. The average molecular weight is 457 g/mol. The molecule has 0 bridgehead atoms. The predicted molar refractivity (Wildman–Crippen MR) is 110 cm³/mol. The van der Waals surface area contributed by atoms with Crippen LogP contribution < -0.4 is 11.2 Å². The van der Waals surface area contributed by atoms with E-state index in [0.29, 0.717) is 0 Å². The molecule has 13 heteroatoms. The zero-order valence-electron chi connectivity index (χ0n) is 17.8. The molecule has 5 atom stereocenters. The maximum atomic E-state index is 13.2. The number of aromatic nitrogens is 2. The zero-order chi connectivity index (χ0) is 22.6. The van der Waals surface area contributed by atoms with Crippen LogP contribution in [-0.2, 0) is 22.9 Å². The fourth-order valence-electron chi connectivity index (χ4n) is 4.08. The van der Waals surface area contributed by atoms with Gasteiger partial charge in [-0.3, -0.25) is 27.9 Å². The largest absolute Gasteiger partial charge is 0.475 e. The molecule has 0 aromatic carbocycles. The number of hydrogen-bond donors (Lipinski definition) is 1. The molecule has 2 saturated heterocycles. The van der Waals surface area contributed by atoms with E-state index in [-0.39, 0.29) is 19.1 Å². The number of H-pyrrole nitrogens is 1. The van der Waals surface area contributed by atoms with Crippen LogP contribution in [0.15, 0.2) is 27.0 Å². The maximum absolute atomic E-state index is 13.2. The highest BCUT2D eigenvalue weighted by Crippen LogP contribution is 2.59. The van der Waals surface area contributed by atoms with Crippen LogP contribution in [0.4, 0.5) is 0 Å². The number of fused-ring (bicyclic) bond motifs is 1. The predicted octanol–water partition coefficient (Wildman–Crippen LogP) is 3.26. The number of phosphoric ester groups is 1. The molecule has 0 amide bonds. The molecule has 1 N–H and O–H groups in total. The van der Waals surface area contributed by atoms with Crippen molar-refractivity contribution in [3.8, 4) is 0 Å². The van der Waals surface area contributed by atoms with Gasteiger partial charge in [0.25, 0.3) is 5.56 Å². The molecule has 0 spiro atoms. The van der Waals surface area contributed by atoms with Crippen molar-refractivity contribution >= 4 is 7.82 Å². The quantitative estimate of drug-likeness (QED) is 0.258. The number of hydrogen-bond acceptors (Lipinski definition) is 8. The minimum Gasteiger partial charge on any atom is -0.349 e. The van der Waals surface area contributed by atoms with Gasteiger partial charge in [-0.2, -0.15) is 0 Å². The SMILES string of the molecule is CCCC(CCC)CO[P@@]1(=O)OC[C@H]2O[C@@H](n3ccc(=O)[nH]c3=O)[C@](C)(N=[N+]=[N-])[C@@H]2O1. The van der Waals surface area contributed by atoms with E-state index < -0.39 is 43.0 Å². The first-order valence-electron chi connectivity index (χ1n) is 10.4. The summed E-state index contributed by atoms with van der Waals surface area (Å²) in [6.07, 6.45) is 2.20. The van der Waals surface area contributed by atoms with E-state index in [1.807, 2.05) is 0 Å². The summed E-state index contributed by atoms with van der Waals surface area (Å²) in [4.78, 5) is 28.7. The number of phosphoric acid groups is 1. The Morgan fingerprint density at radius 1 is 1.42 bits per heavy atom. The van der Waals surface area contributed by atoms with Crippen molar-refractivity contribution in [2.75, 3.05) is 13.2 Å². The summed E-state index contributed by atoms with van der Waals surface area (Å²) in [6, 6.07) is 1.15. The van der Waals surface area contributed by atoms with Crippen LogP contribution in [0.1, 0.15) is 52.7 Å². The standard InChI is InChI=1S/C18H28N5O7P/c1-4-6-12(7-5-2)10-27-31(26)28-11-13-15(30-31)18(3,21-22-19)16(29-13)23-9-8-14(24)20-17(23)25/h8-9,12-13,15-16H,4-7,10-11H2,1-3H3,(H,20,24,25)/t13-,15-,16-,18-,31+/m1/s1. The second-order valence-corrected chi connectivity index (χ2v) is 9.59. The molecule has 1 aromatic rings. The molecule has 12 nitrogen and oxygen atoms in total. The highest BCUT2D eigenvalue weighted by molar-refractivity contribution is 7.48. The molecule has 172 valence electrons. The van der Waals surface area contributed by atoms with Crippen molar-refractivity contribution in [1.29, 1.82) is 0 Å². The van der Waals surface area contributed by atoms with Gasteiger partial charge in [-0.05, 0) is 31.2 Å². The third kappa shape index (κ3) is 4.95. The maximum Gasteiger partial charge on any atom is 0.475 e. The van der Waals surface area contributed by atoms with Crippen molar-refractivity contribution in [3.05, 3.63) is 43.5 Å². The van der Waals surface area contributed by atoms with Crippen LogP contribution in [0.5, 0.6) is 0 Å². The Morgan fingerprint density at radius 3 is 2.74 bits per heavy atom. The van der Waals surface area contributed by atoms with Crippen LogP contribution in [-0.4, -0.2) is 40.5 Å². The molecular formula is C18H28N5O7P. The van der Waals surface area contributed by atoms with E-state index in [1.54, 1.807) is 0 Å². The lowest BCUT2D eigenvalue weighted by atomic mass is 9.93. The van der Waals surface area contributed by atoms with Crippen LogP contribution in [0.25, 0.3) is 10.4 Å². The molecule has 31 heavy (non-hydrogen) atoms. The molecule has 3 rings (SSSR count). The number of nitrogens with one attached hydrogen (secondary N) is 1. The molecule has 1 aromatic heterocycles. The Labute approximate surface area is 179 Å². The lowest BCUT2D eigenvalue weighted by Gasteiger charge is -2.35. The molecule has 2 aliphatic rings. The third-order valence-electron chi connectivity index (χ3n) is 5.58. The monoisotopic (exact) mass is 457 g/mol. The van der Waals surface area contributed by atoms with Crippen LogP contribution in [0.2, 0.25) is 0 Å². The van der Waals surface area contributed by atoms with E-state index in [0.717, 1.165) is 36.3 Å². The van der Waals surface area contributed by atoms with Gasteiger partial charge in [0.15, 0.2) is 6.23 Å². The minimum atomic E-state index is -3.93. The fourth-order valence-corrected chi connectivity index (χ4v) is 5.63. The molecule has 0 radical (unpaired) electrons. The van der Waals surface area contributed by atoms with Gasteiger partial charge in [-0.1, -0.05) is 31.8 Å². The second-order valence-electron chi connectivity index (χ2n) is 7.97. The number of rotatable bonds is 9. The Hall–Kier alpha value is -1.94. The minimum absolute atomic E-state index is 0.126. The summed E-state index contributed by atoms with van der Waals surface area (Å²) in [5, 5.41) is 3.83. The van der Waals surface area contributed by atoms with Crippen LogP contribution >= 0.6 is 7.82 Å². The Morgan fingerprint density at radius 2 is 2.13 bits per heavy atom. The number of azide groups is 1. The van der Waals surface area contributed by atoms with Crippen LogP contribution in [0, 0.1) is 5.92 Å². The lowest BCUT2D eigenvalue weighted by Crippen LogP contribution is -2.48. The van der Waals surface area contributed by atoms with Gasteiger partial charge < -0.3 is 4.74 Å². The van der Waals surface area contributed by atoms with Crippen molar-refractivity contribution in [3.63, 3.8) is 0 Å². The Kier molecular flexibility index (Phi) is 7.41. The topological polar surface area (TPSA) is 158 Å². The summed E-state index contributed by atoms with van der Waals surface area (Å²) < 4.78 is 36.9. The van der Waals surface area contributed by atoms with Gasteiger partial charge >= 0.3 is 13.5 Å². The summed E-state index contributed by atoms with van der Waals surface area (Å²) in [5.41, 5.74) is 6.39. The lowest BCUT2D eigenvalue weighted by molar-refractivity contribution is -0.0734. The molecule has 0 aliphatic carbocycles. The van der Waals surface area contributed by atoms with Gasteiger partial charge in [-0.15, -0.1) is 0 Å². The number of nitrogens with zero attached hydrogens (tertiary/aromatic N) is 4. The Bertz CT molecular complexity index is 984. The number of aromatic amines is 1. The van der Waals surface area contributed by atoms with E-state index in [9.17, 15) is 14.2 Å². The zero-order valence-corrected chi connectivity index (χ0v) is 18.7. The summed E-state index contributed by atoms with van der Waals surface area (Å²) in [6.45, 7) is 5.77. The number of ether oxygens (including phenoxy) is 1. The smallest absolute Gasteiger partial charge is 0.349 e. The van der Waals surface area contributed by atoms with Gasteiger partial charge in [0.1, 0.15) is 17.7 Å². The highest BCUT2D eigenvalue weighted by Gasteiger charge is 2.60. The first kappa shape index (κ1) is 23.7. The Balaban J connectivity index is 1.84. The molecule has 2 fully saturated rings. The fraction of sp³-hybridized carbons (Fsp3) is 0.778. The van der Waals surface area contributed by atoms with Gasteiger partial charge in [0, 0.05) is 17.2 Å². The van der Waals surface area contributed by atoms with Gasteiger partial charge in [0.2, 0.25) is 0 Å². The van der Waals surface area contributed by atoms with Crippen molar-refractivity contribution in [2.45, 2.75) is 70.4 Å². The molecular weight excluding hydrogens is 429 g/mol. The molecule has 2 aliphatic heterocycles. The second kappa shape index (κ2) is 9.68. The van der Waals surface area contributed by atoms with E-state index >= 15 is 0 Å². The van der Waals surface area contributed by atoms with Crippen LogP contribution in [0.3, 0.4) is 0 Å². The summed E-state index contributed by atoms with van der Waals surface area (Å²) >= 11 is 0. The summed E-state index contributed by atoms with van der Waals surface area (Å²) in [5.74, 6) is 0.224. The first-order valence-corrected chi connectivity index (χ1v) is 11.8. The normalized spacial score (nSPS) is 32.6. The molecule has 0 unspecified atom stereocenters. The van der Waals surface area contributed by atoms with Crippen molar-refractivity contribution in [1.82, 2.24) is 9.55 Å². The summed E-state index contributed by atoms with van der Waals surface area (Å²) in [7, 11) is -3.93. The van der Waals surface area contributed by atoms with Gasteiger partial charge in [-0.25, -0.2) is 9.36 Å².